The minimum absolute atomic E-state index is 0.0772. The van der Waals surface area contributed by atoms with Gasteiger partial charge in [-0.3, -0.25) is 4.79 Å². The fraction of sp³-hybridized carbons (Fsp3) is 0.435. The van der Waals surface area contributed by atoms with Gasteiger partial charge >= 0.3 is 0 Å². The van der Waals surface area contributed by atoms with Crippen molar-refractivity contribution in [3.8, 4) is 0 Å². The molecule has 2 aromatic carbocycles. The van der Waals surface area contributed by atoms with Crippen molar-refractivity contribution in [2.75, 3.05) is 31.1 Å². The monoisotopic (exact) mass is 427 g/mol. The van der Waals surface area contributed by atoms with Crippen LogP contribution in [-0.2, 0) is 21.4 Å². The zero-order chi connectivity index (χ0) is 21.0. The van der Waals surface area contributed by atoms with Crippen LogP contribution in [0, 0.1) is 5.92 Å². The first-order chi connectivity index (χ1) is 14.5. The van der Waals surface area contributed by atoms with Crippen molar-refractivity contribution in [1.29, 1.82) is 0 Å². The molecule has 2 fully saturated rings. The molecule has 1 amide bonds. The summed E-state index contributed by atoms with van der Waals surface area (Å²) in [5.41, 5.74) is 2.28. The van der Waals surface area contributed by atoms with E-state index in [2.05, 4.69) is 34.5 Å². The van der Waals surface area contributed by atoms with Gasteiger partial charge in [-0.1, -0.05) is 30.3 Å². The molecule has 2 aliphatic rings. The number of carbonyl (C=O) groups excluding carboxylic acids is 1. The average molecular weight is 428 g/mol. The molecule has 2 saturated heterocycles. The van der Waals surface area contributed by atoms with E-state index in [-0.39, 0.29) is 23.3 Å². The third-order valence-electron chi connectivity index (χ3n) is 6.01. The Bertz CT molecular complexity index is 955. The summed E-state index contributed by atoms with van der Waals surface area (Å²) in [6.07, 6.45) is 3.89. The van der Waals surface area contributed by atoms with Gasteiger partial charge in [0.15, 0.2) is 0 Å². The number of nitrogens with zero attached hydrogens (tertiary/aromatic N) is 2. The van der Waals surface area contributed by atoms with Crippen LogP contribution in [0.15, 0.2) is 59.5 Å². The maximum absolute atomic E-state index is 12.9. The van der Waals surface area contributed by atoms with Gasteiger partial charge in [0.2, 0.25) is 15.9 Å². The van der Waals surface area contributed by atoms with E-state index in [0.29, 0.717) is 25.9 Å². The fourth-order valence-electron chi connectivity index (χ4n) is 4.25. The number of amides is 1. The molecule has 0 spiro atoms. The van der Waals surface area contributed by atoms with Crippen molar-refractivity contribution in [1.82, 2.24) is 9.62 Å². The number of piperidine rings is 1. The molecule has 2 heterocycles. The minimum Gasteiger partial charge on any atom is -0.372 e. The molecule has 0 unspecified atom stereocenters. The highest BCUT2D eigenvalue weighted by Crippen LogP contribution is 2.24. The topological polar surface area (TPSA) is 69.7 Å². The van der Waals surface area contributed by atoms with Crippen molar-refractivity contribution in [3.63, 3.8) is 0 Å². The third-order valence-corrected chi connectivity index (χ3v) is 7.89. The summed E-state index contributed by atoms with van der Waals surface area (Å²) in [7, 11) is -3.56. The Morgan fingerprint density at radius 1 is 0.933 bits per heavy atom. The number of benzene rings is 2. The molecule has 160 valence electrons. The summed E-state index contributed by atoms with van der Waals surface area (Å²) in [5, 5.41) is 3.00. The van der Waals surface area contributed by atoms with E-state index in [1.165, 1.54) is 22.8 Å². The van der Waals surface area contributed by atoms with E-state index in [0.717, 1.165) is 18.7 Å². The number of sulfonamides is 1. The molecule has 4 rings (SSSR count). The minimum atomic E-state index is -3.56. The highest BCUT2D eigenvalue weighted by Gasteiger charge is 2.33. The second kappa shape index (κ2) is 9.18. The van der Waals surface area contributed by atoms with Crippen LogP contribution in [0.2, 0.25) is 0 Å². The van der Waals surface area contributed by atoms with Crippen LogP contribution in [0.1, 0.15) is 31.2 Å². The molecule has 2 aliphatic heterocycles. The van der Waals surface area contributed by atoms with Gasteiger partial charge in [-0.15, -0.1) is 0 Å². The molecule has 2 aromatic rings. The van der Waals surface area contributed by atoms with Crippen molar-refractivity contribution in [3.05, 3.63) is 60.2 Å². The summed E-state index contributed by atoms with van der Waals surface area (Å²) < 4.78 is 27.2. The zero-order valence-corrected chi connectivity index (χ0v) is 18.0. The summed E-state index contributed by atoms with van der Waals surface area (Å²) in [5.74, 6) is -0.396. The fourth-order valence-corrected chi connectivity index (χ4v) is 5.79. The van der Waals surface area contributed by atoms with Crippen LogP contribution in [0.4, 0.5) is 5.69 Å². The summed E-state index contributed by atoms with van der Waals surface area (Å²) in [6.45, 7) is 3.37. The largest absolute Gasteiger partial charge is 0.372 e. The van der Waals surface area contributed by atoms with Crippen molar-refractivity contribution < 1.29 is 13.2 Å². The lowest BCUT2D eigenvalue weighted by Gasteiger charge is -2.31. The Kier molecular flexibility index (Phi) is 6.39. The third kappa shape index (κ3) is 4.68. The summed E-state index contributed by atoms with van der Waals surface area (Å²) >= 11 is 0. The van der Waals surface area contributed by atoms with Gasteiger partial charge < -0.3 is 10.2 Å². The number of carbonyl (C=O) groups is 1. The van der Waals surface area contributed by atoms with Gasteiger partial charge in [-0.25, -0.2) is 8.42 Å². The normalized spacial score (nSPS) is 20.3. The molecule has 7 heteroatoms. The second-order valence-electron chi connectivity index (χ2n) is 8.09. The maximum atomic E-state index is 12.9. The quantitative estimate of drug-likeness (QED) is 0.769. The maximum Gasteiger partial charge on any atom is 0.243 e. The van der Waals surface area contributed by atoms with Crippen LogP contribution in [0.25, 0.3) is 0 Å². The van der Waals surface area contributed by atoms with Crippen LogP contribution < -0.4 is 10.2 Å². The molecule has 30 heavy (non-hydrogen) atoms. The van der Waals surface area contributed by atoms with E-state index >= 15 is 0 Å². The average Bonchev–Trinajstić information content (AvgIpc) is 3.33. The highest BCUT2D eigenvalue weighted by molar-refractivity contribution is 7.89. The molecule has 6 nitrogen and oxygen atoms in total. The van der Waals surface area contributed by atoms with Crippen molar-refractivity contribution >= 4 is 21.6 Å². The van der Waals surface area contributed by atoms with Crippen LogP contribution in [0.5, 0.6) is 0 Å². The first kappa shape index (κ1) is 20.9. The predicted molar refractivity (Wildman–Crippen MR) is 118 cm³/mol. The Hall–Kier alpha value is -2.38. The number of nitrogens with one attached hydrogen (secondary N) is 1. The van der Waals surface area contributed by atoms with E-state index < -0.39 is 10.0 Å². The van der Waals surface area contributed by atoms with Crippen LogP contribution in [0.3, 0.4) is 0 Å². The van der Waals surface area contributed by atoms with E-state index in [1.54, 1.807) is 30.3 Å². The lowest BCUT2D eigenvalue weighted by Crippen LogP contribution is -2.45. The van der Waals surface area contributed by atoms with Crippen LogP contribution in [-0.4, -0.2) is 44.8 Å². The summed E-state index contributed by atoms with van der Waals surface area (Å²) in [4.78, 5) is 15.4. The Morgan fingerprint density at radius 3 is 2.33 bits per heavy atom. The van der Waals surface area contributed by atoms with Gasteiger partial charge in [0.1, 0.15) is 0 Å². The van der Waals surface area contributed by atoms with Crippen molar-refractivity contribution in [2.24, 2.45) is 5.92 Å². The Balaban J connectivity index is 1.33. The molecule has 1 atom stereocenters. The zero-order valence-electron chi connectivity index (χ0n) is 17.2. The first-order valence-electron chi connectivity index (χ1n) is 10.7. The molecular weight excluding hydrogens is 398 g/mol. The van der Waals surface area contributed by atoms with Crippen molar-refractivity contribution in [2.45, 2.75) is 37.1 Å². The van der Waals surface area contributed by atoms with E-state index in [1.807, 2.05) is 0 Å². The molecular formula is C23H29N3O3S. The number of anilines is 1. The van der Waals surface area contributed by atoms with Gasteiger partial charge in [0, 0.05) is 38.4 Å². The molecule has 0 aromatic heterocycles. The molecule has 0 saturated carbocycles. The first-order valence-corrected chi connectivity index (χ1v) is 12.1. The number of rotatable bonds is 6. The van der Waals surface area contributed by atoms with E-state index in [9.17, 15) is 13.2 Å². The van der Waals surface area contributed by atoms with Gasteiger partial charge in [-0.05, 0) is 55.5 Å². The predicted octanol–water partition coefficient (Wildman–Crippen LogP) is 3.00. The van der Waals surface area contributed by atoms with Gasteiger partial charge in [-0.2, -0.15) is 4.31 Å². The molecule has 0 radical (unpaired) electrons. The lowest BCUT2D eigenvalue weighted by molar-refractivity contribution is -0.126. The molecule has 1 N–H and O–H groups in total. The highest BCUT2D eigenvalue weighted by atomic mass is 32.2. The second-order valence-corrected chi connectivity index (χ2v) is 10.0. The van der Waals surface area contributed by atoms with E-state index in [4.69, 9.17) is 0 Å². The van der Waals surface area contributed by atoms with Gasteiger partial charge in [0.05, 0.1) is 10.8 Å². The Morgan fingerprint density at radius 2 is 1.63 bits per heavy atom. The molecule has 0 aliphatic carbocycles. The lowest BCUT2D eigenvalue weighted by atomic mass is 9.98. The number of hydrogen-bond acceptors (Lipinski definition) is 4. The molecule has 0 bridgehead atoms. The summed E-state index contributed by atoms with van der Waals surface area (Å²) in [6, 6.07) is 16.8. The SMILES string of the molecule is O=C(NCc1ccc(N2CCCC2)cc1)[C@H]1CCCN(S(=O)(=O)c2ccccc2)C1. The van der Waals surface area contributed by atoms with Gasteiger partial charge in [0.25, 0.3) is 0 Å². The van der Waals surface area contributed by atoms with Crippen LogP contribution >= 0.6 is 0 Å². The Labute approximate surface area is 178 Å². The number of hydrogen-bond donors (Lipinski definition) is 1. The standard InChI is InChI=1S/C23H29N3O3S/c27-23(24-17-19-10-12-21(13-11-19)25-14-4-5-15-25)20-7-6-16-26(18-20)30(28,29)22-8-2-1-3-9-22/h1-3,8-13,20H,4-7,14-18H2,(H,24,27)/t20-/m0/s1. The smallest absolute Gasteiger partial charge is 0.243 e.